The molecule has 0 spiro atoms. The Morgan fingerprint density at radius 2 is 2.14 bits per heavy atom. The van der Waals surface area contributed by atoms with Gasteiger partial charge in [-0.1, -0.05) is 0 Å². The molecule has 2 aromatic heterocycles. The lowest BCUT2D eigenvalue weighted by Crippen LogP contribution is -2.24. The van der Waals surface area contributed by atoms with E-state index < -0.39 is 10.0 Å². The van der Waals surface area contributed by atoms with Crippen molar-refractivity contribution in [2.45, 2.75) is 37.1 Å². The lowest BCUT2D eigenvalue weighted by Gasteiger charge is -2.04. The molecular formula is C13H18N4O3S. The van der Waals surface area contributed by atoms with Crippen LogP contribution in [0.15, 0.2) is 33.9 Å². The van der Waals surface area contributed by atoms with E-state index in [9.17, 15) is 8.42 Å². The molecular weight excluding hydrogens is 292 g/mol. The Morgan fingerprint density at radius 1 is 1.33 bits per heavy atom. The van der Waals surface area contributed by atoms with Gasteiger partial charge in [-0.05, 0) is 31.0 Å². The third kappa shape index (κ3) is 3.52. The molecule has 0 atom stereocenters. The molecule has 1 saturated carbocycles. The molecule has 1 aliphatic rings. The van der Waals surface area contributed by atoms with Gasteiger partial charge in [-0.3, -0.25) is 4.68 Å². The molecule has 21 heavy (non-hydrogen) atoms. The highest BCUT2D eigenvalue weighted by molar-refractivity contribution is 7.89. The zero-order valence-electron chi connectivity index (χ0n) is 11.7. The van der Waals surface area contributed by atoms with Gasteiger partial charge >= 0.3 is 0 Å². The van der Waals surface area contributed by atoms with Crippen molar-refractivity contribution in [2.24, 2.45) is 7.05 Å². The first-order valence-electron chi connectivity index (χ1n) is 6.83. The maximum Gasteiger partial charge on any atom is 0.274 e. The van der Waals surface area contributed by atoms with E-state index in [1.54, 1.807) is 30.1 Å². The number of aromatic nitrogens is 2. The summed E-state index contributed by atoms with van der Waals surface area (Å²) in [6, 6.07) is 5.48. The van der Waals surface area contributed by atoms with Crippen LogP contribution in [0.4, 0.5) is 0 Å². The summed E-state index contributed by atoms with van der Waals surface area (Å²) in [5, 5.41) is 7.21. The number of furan rings is 1. The lowest BCUT2D eigenvalue weighted by atomic mass is 10.4. The fourth-order valence-corrected chi connectivity index (χ4v) is 2.89. The van der Waals surface area contributed by atoms with Gasteiger partial charge in [-0.25, -0.2) is 13.1 Å². The van der Waals surface area contributed by atoms with E-state index in [0.717, 1.165) is 5.69 Å². The number of nitrogens with zero attached hydrogens (tertiary/aromatic N) is 2. The molecule has 0 bridgehead atoms. The van der Waals surface area contributed by atoms with Gasteiger partial charge in [0.1, 0.15) is 5.76 Å². The zero-order chi connectivity index (χ0) is 14.9. The summed E-state index contributed by atoms with van der Waals surface area (Å²) < 4.78 is 33.8. The number of aryl methyl sites for hydroxylation is 1. The Balaban J connectivity index is 1.62. The molecule has 3 rings (SSSR count). The molecule has 8 heteroatoms. The fraction of sp³-hybridized carbons (Fsp3) is 0.462. The van der Waals surface area contributed by atoms with Crippen LogP contribution in [0.1, 0.15) is 24.3 Å². The largest absolute Gasteiger partial charge is 0.447 e. The summed E-state index contributed by atoms with van der Waals surface area (Å²) in [6.45, 7) is 0.733. The van der Waals surface area contributed by atoms with Crippen molar-refractivity contribution in [3.05, 3.63) is 35.9 Å². The molecule has 2 heterocycles. The average Bonchev–Trinajstić information content (AvgIpc) is 2.98. The van der Waals surface area contributed by atoms with Crippen LogP contribution in [0.25, 0.3) is 0 Å². The first-order chi connectivity index (χ1) is 10.0. The zero-order valence-corrected chi connectivity index (χ0v) is 12.6. The standard InChI is InChI=1S/C13H18N4O3S/c1-17-11(6-7-15-17)8-16-21(18,19)13-5-4-12(20-13)9-14-10-2-3-10/h4-7,10,14,16H,2-3,8-9H2,1H3. The van der Waals surface area contributed by atoms with E-state index in [0.29, 0.717) is 18.3 Å². The first-order valence-corrected chi connectivity index (χ1v) is 8.31. The van der Waals surface area contributed by atoms with Crippen LogP contribution in [0.3, 0.4) is 0 Å². The molecule has 0 saturated heterocycles. The normalized spacial score (nSPS) is 15.5. The highest BCUT2D eigenvalue weighted by Crippen LogP contribution is 2.20. The first kappa shape index (κ1) is 14.3. The van der Waals surface area contributed by atoms with Crippen molar-refractivity contribution >= 4 is 10.0 Å². The number of hydrogen-bond donors (Lipinski definition) is 2. The summed E-state index contributed by atoms with van der Waals surface area (Å²) >= 11 is 0. The van der Waals surface area contributed by atoms with E-state index in [-0.39, 0.29) is 11.6 Å². The van der Waals surface area contributed by atoms with Crippen LogP contribution in [-0.2, 0) is 30.2 Å². The van der Waals surface area contributed by atoms with Gasteiger partial charge in [0.2, 0.25) is 5.09 Å². The van der Waals surface area contributed by atoms with E-state index in [4.69, 9.17) is 4.42 Å². The van der Waals surface area contributed by atoms with Crippen molar-refractivity contribution in [3.63, 3.8) is 0 Å². The van der Waals surface area contributed by atoms with Crippen LogP contribution in [0.5, 0.6) is 0 Å². The molecule has 7 nitrogen and oxygen atoms in total. The quantitative estimate of drug-likeness (QED) is 0.787. The monoisotopic (exact) mass is 310 g/mol. The number of sulfonamides is 1. The summed E-state index contributed by atoms with van der Waals surface area (Å²) in [4.78, 5) is 0. The Morgan fingerprint density at radius 3 is 2.81 bits per heavy atom. The molecule has 0 aliphatic heterocycles. The van der Waals surface area contributed by atoms with E-state index in [1.165, 1.54) is 18.9 Å². The van der Waals surface area contributed by atoms with Gasteiger partial charge in [-0.15, -0.1) is 0 Å². The summed E-state index contributed by atoms with van der Waals surface area (Å²) in [5.41, 5.74) is 0.778. The third-order valence-electron chi connectivity index (χ3n) is 3.41. The Hall–Kier alpha value is -1.64. The average molecular weight is 310 g/mol. The predicted molar refractivity (Wildman–Crippen MR) is 75.8 cm³/mol. The molecule has 0 aromatic carbocycles. The van der Waals surface area contributed by atoms with Gasteiger partial charge in [0, 0.05) is 19.3 Å². The van der Waals surface area contributed by atoms with Crippen molar-refractivity contribution in [1.82, 2.24) is 19.8 Å². The highest BCUT2D eigenvalue weighted by atomic mass is 32.2. The van der Waals surface area contributed by atoms with Crippen LogP contribution in [0, 0.1) is 0 Å². The highest BCUT2D eigenvalue weighted by Gasteiger charge is 2.22. The fourth-order valence-electron chi connectivity index (χ4n) is 1.94. The second-order valence-corrected chi connectivity index (χ2v) is 6.84. The molecule has 0 unspecified atom stereocenters. The predicted octanol–water partition coefficient (Wildman–Crippen LogP) is 0.744. The van der Waals surface area contributed by atoms with E-state index in [2.05, 4.69) is 15.1 Å². The second-order valence-electron chi connectivity index (χ2n) is 5.15. The van der Waals surface area contributed by atoms with Crippen molar-refractivity contribution in [2.75, 3.05) is 0 Å². The summed E-state index contributed by atoms with van der Waals surface area (Å²) in [6.07, 6.45) is 3.98. The van der Waals surface area contributed by atoms with Gasteiger partial charge in [0.25, 0.3) is 10.0 Å². The van der Waals surface area contributed by atoms with E-state index in [1.807, 2.05) is 0 Å². The van der Waals surface area contributed by atoms with Gasteiger partial charge < -0.3 is 9.73 Å². The molecule has 114 valence electrons. The SMILES string of the molecule is Cn1nccc1CNS(=O)(=O)c1ccc(CNC2CC2)o1. The lowest BCUT2D eigenvalue weighted by molar-refractivity contribution is 0.399. The number of rotatable bonds is 7. The Labute approximate surface area is 123 Å². The topological polar surface area (TPSA) is 89.2 Å². The number of hydrogen-bond acceptors (Lipinski definition) is 5. The smallest absolute Gasteiger partial charge is 0.274 e. The van der Waals surface area contributed by atoms with Crippen LogP contribution in [-0.4, -0.2) is 24.2 Å². The minimum absolute atomic E-state index is 0.0581. The molecule has 0 radical (unpaired) electrons. The van der Waals surface area contributed by atoms with Gasteiger partial charge in [-0.2, -0.15) is 5.10 Å². The molecule has 1 fully saturated rings. The van der Waals surface area contributed by atoms with E-state index >= 15 is 0 Å². The number of nitrogens with one attached hydrogen (secondary N) is 2. The second kappa shape index (κ2) is 5.63. The summed E-state index contributed by atoms with van der Waals surface area (Å²) in [5.74, 6) is 0.628. The molecule has 2 aromatic rings. The summed E-state index contributed by atoms with van der Waals surface area (Å²) in [7, 11) is -1.88. The minimum Gasteiger partial charge on any atom is -0.447 e. The molecule has 2 N–H and O–H groups in total. The molecule has 1 aliphatic carbocycles. The maximum atomic E-state index is 12.1. The third-order valence-corrected chi connectivity index (χ3v) is 4.68. The maximum absolute atomic E-state index is 12.1. The van der Waals surface area contributed by atoms with Crippen molar-refractivity contribution in [3.8, 4) is 0 Å². The van der Waals surface area contributed by atoms with Crippen molar-refractivity contribution < 1.29 is 12.8 Å². The molecule has 0 amide bonds. The van der Waals surface area contributed by atoms with Gasteiger partial charge in [0.05, 0.1) is 18.8 Å². The van der Waals surface area contributed by atoms with Gasteiger partial charge in [0.15, 0.2) is 0 Å². The minimum atomic E-state index is -3.64. The van der Waals surface area contributed by atoms with Crippen LogP contribution in [0.2, 0.25) is 0 Å². The van der Waals surface area contributed by atoms with Crippen LogP contribution >= 0.6 is 0 Å². The Bertz CT molecular complexity index is 715. The van der Waals surface area contributed by atoms with Crippen LogP contribution < -0.4 is 10.0 Å². The Kier molecular flexibility index (Phi) is 3.83. The van der Waals surface area contributed by atoms with Crippen molar-refractivity contribution in [1.29, 1.82) is 0 Å².